The maximum absolute atomic E-state index is 14.6. The molecule has 5 rings (SSSR count). The van der Waals surface area contributed by atoms with Crippen molar-refractivity contribution in [1.82, 2.24) is 9.29 Å². The molecule has 7 nitrogen and oxygen atoms in total. The molecular weight excluding hydrogens is 493 g/mol. The summed E-state index contributed by atoms with van der Waals surface area (Å²) < 4.78 is 48.1. The number of hydrogen-bond donors (Lipinski definition) is 0. The number of furan rings is 1. The van der Waals surface area contributed by atoms with Crippen LogP contribution in [0.3, 0.4) is 0 Å². The van der Waals surface area contributed by atoms with Crippen LogP contribution in [0.15, 0.2) is 76.4 Å². The molecule has 0 saturated carbocycles. The van der Waals surface area contributed by atoms with E-state index in [0.717, 1.165) is 16.9 Å². The van der Waals surface area contributed by atoms with Crippen LogP contribution in [0.2, 0.25) is 0 Å². The van der Waals surface area contributed by atoms with Crippen molar-refractivity contribution in [2.24, 2.45) is 0 Å². The van der Waals surface area contributed by atoms with Crippen molar-refractivity contribution < 1.29 is 22.0 Å². The first-order valence-corrected chi connectivity index (χ1v) is 13.6. The average molecular weight is 522 g/mol. The minimum Gasteiger partial charge on any atom is -0.443 e. The third kappa shape index (κ3) is 5.01. The van der Waals surface area contributed by atoms with Gasteiger partial charge in [0, 0.05) is 50.3 Å². The number of sulfonamides is 1. The third-order valence-corrected chi connectivity index (χ3v) is 8.53. The summed E-state index contributed by atoms with van der Waals surface area (Å²) in [6, 6.07) is 16.4. The summed E-state index contributed by atoms with van der Waals surface area (Å²) in [6.45, 7) is 0.246. The molecule has 2 aromatic carbocycles. The number of nitrogens with zero attached hydrogens (tertiary/aromatic N) is 3. The topological polar surface area (TPSA) is 83.7 Å². The van der Waals surface area contributed by atoms with Gasteiger partial charge < -0.3 is 9.32 Å². The Labute approximate surface area is 215 Å². The van der Waals surface area contributed by atoms with E-state index in [1.165, 1.54) is 16.4 Å². The Balaban J connectivity index is 1.31. The fourth-order valence-electron chi connectivity index (χ4n) is 4.74. The normalized spacial score (nSPS) is 16.4. The summed E-state index contributed by atoms with van der Waals surface area (Å²) in [5.41, 5.74) is 2.53. The number of fused-ring (bicyclic) bond motifs is 1. The number of para-hydroxylation sites is 1. The molecule has 0 N–H and O–H groups in total. The Morgan fingerprint density at radius 2 is 1.89 bits per heavy atom. The quantitative estimate of drug-likeness (QED) is 0.323. The van der Waals surface area contributed by atoms with Gasteiger partial charge in [-0.3, -0.25) is 4.79 Å². The van der Waals surface area contributed by atoms with Gasteiger partial charge in [0.25, 0.3) is 10.0 Å². The Kier molecular flexibility index (Phi) is 6.83. The molecule has 0 bridgehead atoms. The van der Waals surface area contributed by atoms with Crippen molar-refractivity contribution in [3.05, 3.63) is 78.2 Å². The molecule has 1 aliphatic rings. The van der Waals surface area contributed by atoms with Gasteiger partial charge in [0.15, 0.2) is 5.78 Å². The maximum atomic E-state index is 14.6. The van der Waals surface area contributed by atoms with Crippen LogP contribution in [-0.4, -0.2) is 50.2 Å². The number of anilines is 1. The predicted molar refractivity (Wildman–Crippen MR) is 140 cm³/mol. The van der Waals surface area contributed by atoms with Crippen molar-refractivity contribution in [2.75, 3.05) is 25.5 Å². The molecule has 2 aromatic heterocycles. The first kappa shape index (κ1) is 25.1. The molecule has 0 aliphatic carbocycles. The van der Waals surface area contributed by atoms with Crippen LogP contribution in [0, 0.1) is 5.82 Å². The molecule has 3 heterocycles. The molecule has 37 heavy (non-hydrogen) atoms. The lowest BCUT2D eigenvalue weighted by molar-refractivity contribution is -0.122. The van der Waals surface area contributed by atoms with Gasteiger partial charge in [0.05, 0.1) is 6.04 Å². The molecule has 4 aromatic rings. The monoisotopic (exact) mass is 521 g/mol. The Morgan fingerprint density at radius 1 is 1.11 bits per heavy atom. The number of rotatable bonds is 8. The highest BCUT2D eigenvalue weighted by molar-refractivity contribution is 7.89. The molecule has 0 spiro atoms. The van der Waals surface area contributed by atoms with E-state index in [1.54, 1.807) is 42.6 Å². The largest absolute Gasteiger partial charge is 0.443 e. The molecule has 0 radical (unpaired) electrons. The number of aromatic nitrogens is 1. The zero-order valence-electron chi connectivity index (χ0n) is 20.7. The number of ketones is 1. The highest BCUT2D eigenvalue weighted by Gasteiger charge is 2.40. The fraction of sp³-hybridized carbons (Fsp3) is 0.286. The number of hydrogen-bond acceptors (Lipinski definition) is 6. The van der Waals surface area contributed by atoms with Crippen LogP contribution in [0.25, 0.3) is 22.1 Å². The predicted octanol–water partition coefficient (Wildman–Crippen LogP) is 5.05. The zero-order chi connectivity index (χ0) is 26.2. The van der Waals surface area contributed by atoms with Crippen molar-refractivity contribution in [1.29, 1.82) is 0 Å². The maximum Gasteiger partial charge on any atom is 0.277 e. The van der Waals surface area contributed by atoms with Crippen LogP contribution in [0.4, 0.5) is 10.2 Å². The number of Topliss-reactive ketones (excluding diaryl/α,β-unsaturated/α-hetero) is 1. The zero-order valence-corrected chi connectivity index (χ0v) is 21.5. The van der Waals surface area contributed by atoms with Crippen LogP contribution < -0.4 is 4.90 Å². The number of carbonyl (C=O) groups excluding carboxylic acids is 1. The molecule has 192 valence electrons. The van der Waals surface area contributed by atoms with Gasteiger partial charge in [0.2, 0.25) is 5.09 Å². The smallest absolute Gasteiger partial charge is 0.277 e. The van der Waals surface area contributed by atoms with Crippen LogP contribution in [-0.2, 0) is 21.2 Å². The molecular formula is C28H28FN3O4S. The van der Waals surface area contributed by atoms with E-state index in [1.807, 2.05) is 31.1 Å². The van der Waals surface area contributed by atoms with Gasteiger partial charge in [-0.1, -0.05) is 24.3 Å². The lowest BCUT2D eigenvalue weighted by Crippen LogP contribution is -2.40. The molecule has 1 atom stereocenters. The van der Waals surface area contributed by atoms with E-state index in [9.17, 15) is 17.6 Å². The van der Waals surface area contributed by atoms with Gasteiger partial charge in [-0.25, -0.2) is 17.8 Å². The fourth-order valence-corrected chi connectivity index (χ4v) is 6.37. The highest BCUT2D eigenvalue weighted by Crippen LogP contribution is 2.31. The number of benzene rings is 2. The van der Waals surface area contributed by atoms with E-state index >= 15 is 0 Å². The van der Waals surface area contributed by atoms with Crippen LogP contribution in [0.1, 0.15) is 24.8 Å². The van der Waals surface area contributed by atoms with Crippen molar-refractivity contribution in [3.8, 4) is 11.1 Å². The van der Waals surface area contributed by atoms with Crippen molar-refractivity contribution in [3.63, 3.8) is 0 Å². The van der Waals surface area contributed by atoms with E-state index < -0.39 is 21.9 Å². The van der Waals surface area contributed by atoms with E-state index in [0.29, 0.717) is 29.4 Å². The highest BCUT2D eigenvalue weighted by atomic mass is 32.2. The number of aryl methyl sites for hydroxylation is 1. The second-order valence-electron chi connectivity index (χ2n) is 9.45. The Bertz CT molecular complexity index is 1510. The summed E-state index contributed by atoms with van der Waals surface area (Å²) in [5.74, 6) is 0.196. The second kappa shape index (κ2) is 10.1. The first-order valence-electron chi connectivity index (χ1n) is 12.2. The van der Waals surface area contributed by atoms with E-state index in [2.05, 4.69) is 4.98 Å². The minimum atomic E-state index is -3.98. The summed E-state index contributed by atoms with van der Waals surface area (Å²) in [6.07, 6.45) is 2.96. The Hall–Kier alpha value is -3.56. The number of halogens is 1. The van der Waals surface area contributed by atoms with Crippen molar-refractivity contribution in [2.45, 2.75) is 36.8 Å². The molecule has 9 heteroatoms. The first-order chi connectivity index (χ1) is 17.7. The van der Waals surface area contributed by atoms with E-state index in [-0.39, 0.29) is 30.3 Å². The minimum absolute atomic E-state index is 0.0367. The van der Waals surface area contributed by atoms with Gasteiger partial charge >= 0.3 is 0 Å². The molecule has 1 saturated heterocycles. The third-order valence-electron chi connectivity index (χ3n) is 6.77. The molecule has 0 unspecified atom stereocenters. The molecule has 1 fully saturated rings. The van der Waals surface area contributed by atoms with Gasteiger partial charge in [-0.15, -0.1) is 0 Å². The number of carbonyl (C=O) groups is 1. The summed E-state index contributed by atoms with van der Waals surface area (Å²) >= 11 is 0. The van der Waals surface area contributed by atoms with Crippen molar-refractivity contribution >= 4 is 32.6 Å². The molecule has 1 aliphatic heterocycles. The summed E-state index contributed by atoms with van der Waals surface area (Å²) in [5, 5.41) is 0.520. The SMILES string of the molecule is CN(C)c1ccc(-c2ccc(F)c(CCC(=O)[C@@H]3CCCN3S(=O)(=O)c3cc4ccccc4o3)c2)cn1. The average Bonchev–Trinajstić information content (AvgIpc) is 3.57. The van der Waals surface area contributed by atoms with E-state index in [4.69, 9.17) is 4.42 Å². The Morgan fingerprint density at radius 3 is 2.62 bits per heavy atom. The standard InChI is InChI=1S/C28H28FN3O4S/c1-31(2)27-14-11-22(18-30-27)19-9-12-23(29)20(16-19)10-13-25(33)24-7-5-15-32(24)37(34,35)28-17-21-6-3-4-8-26(21)36-28/h3-4,6,8-9,11-12,14,16-18,24H,5,7,10,13,15H2,1-2H3/t24-/m0/s1. The second-order valence-corrected chi connectivity index (χ2v) is 11.3. The lowest BCUT2D eigenvalue weighted by atomic mass is 9.98. The summed E-state index contributed by atoms with van der Waals surface area (Å²) in [7, 11) is -0.167. The summed E-state index contributed by atoms with van der Waals surface area (Å²) in [4.78, 5) is 19.5. The molecule has 0 amide bonds. The van der Waals surface area contributed by atoms with Gasteiger partial charge in [-0.2, -0.15) is 4.31 Å². The van der Waals surface area contributed by atoms with Crippen LogP contribution in [0.5, 0.6) is 0 Å². The van der Waals surface area contributed by atoms with Crippen LogP contribution >= 0.6 is 0 Å². The van der Waals surface area contributed by atoms with Gasteiger partial charge in [-0.05, 0) is 60.7 Å². The van der Waals surface area contributed by atoms with Gasteiger partial charge in [0.1, 0.15) is 17.2 Å². The lowest BCUT2D eigenvalue weighted by Gasteiger charge is -2.22. The number of pyridine rings is 1.